The third-order valence-corrected chi connectivity index (χ3v) is 8.61. The third kappa shape index (κ3) is 15.7. The summed E-state index contributed by atoms with van der Waals surface area (Å²) in [6.07, 6.45) is -0.877. The average Bonchev–Trinajstić information content (AvgIpc) is 3.13. The van der Waals surface area contributed by atoms with Crippen LogP contribution >= 0.6 is 0 Å². The SMILES string of the molecule is CC(C)C(NC(=O)[C@H](CCC(=O)O)NC(=O)[C@H](Cc1ccccc1)NC(=O)[C@@H](C)NC(=O)[C@@H](N)Cc1ccc(O)cc1)C(=O)N[C@H](C(=O)NCC(N)=O)C(C)C. The summed E-state index contributed by atoms with van der Waals surface area (Å²) < 4.78 is 0. The van der Waals surface area contributed by atoms with E-state index in [1.54, 1.807) is 70.2 Å². The number of carbonyl (C=O) groups excluding carboxylic acids is 7. The van der Waals surface area contributed by atoms with Crippen molar-refractivity contribution in [2.24, 2.45) is 23.3 Å². The lowest BCUT2D eigenvalue weighted by Crippen LogP contribution is -2.61. The van der Waals surface area contributed by atoms with Gasteiger partial charge in [0.2, 0.25) is 41.4 Å². The number of nitrogens with one attached hydrogen (secondary N) is 6. The molecule has 2 rings (SSSR count). The van der Waals surface area contributed by atoms with Crippen molar-refractivity contribution < 1.29 is 48.6 Å². The number of primary amides is 1. The normalized spacial score (nSPS) is 14.2. The number of phenolic OH excluding ortho intramolecular Hbond substituents is 1. The largest absolute Gasteiger partial charge is 0.508 e. The van der Waals surface area contributed by atoms with Gasteiger partial charge in [0.15, 0.2) is 0 Å². The number of carboxylic acids is 1. The molecule has 0 fully saturated rings. The highest BCUT2D eigenvalue weighted by atomic mass is 16.4. The number of hydrogen-bond donors (Lipinski definition) is 10. The van der Waals surface area contributed by atoms with E-state index in [0.29, 0.717) is 11.1 Å². The van der Waals surface area contributed by atoms with Crippen molar-refractivity contribution in [1.29, 1.82) is 0 Å². The van der Waals surface area contributed by atoms with E-state index in [-0.39, 0.29) is 25.0 Å². The number of amides is 7. The molecule has 2 aromatic carbocycles. The predicted molar refractivity (Wildman–Crippen MR) is 204 cm³/mol. The fraction of sp³-hybridized carbons (Fsp3) is 0.474. The smallest absolute Gasteiger partial charge is 0.303 e. The summed E-state index contributed by atoms with van der Waals surface area (Å²) >= 11 is 0. The standard InChI is InChI=1S/C38H54N8O10/c1-20(2)31(37(55)41-19-29(40)48)46-38(56)32(21(3)4)45-35(53)27(15-16-30(49)50)43-36(54)28(18-23-9-7-6-8-10-23)44-33(51)22(5)42-34(52)26(39)17-24-11-13-25(47)14-12-24/h6-14,20-22,26-28,31-32,47H,15-19,39H2,1-5H3,(H2,40,48)(H,41,55)(H,42,52)(H,43,54)(H,44,51)(H,45,53)(H,46,56)(H,49,50)/t22-,26+,27+,28+,31+,32?/m1/s1. The Hall–Kier alpha value is -6.04. The first-order valence-electron chi connectivity index (χ1n) is 18.2. The molecular weight excluding hydrogens is 728 g/mol. The van der Waals surface area contributed by atoms with Crippen molar-refractivity contribution in [2.45, 2.75) is 96.6 Å². The lowest BCUT2D eigenvalue weighted by atomic mass is 9.99. The summed E-state index contributed by atoms with van der Waals surface area (Å²) in [5.41, 5.74) is 12.5. The van der Waals surface area contributed by atoms with Crippen molar-refractivity contribution in [2.75, 3.05) is 6.54 Å². The summed E-state index contributed by atoms with van der Waals surface area (Å²) in [4.78, 5) is 103. The highest BCUT2D eigenvalue weighted by Gasteiger charge is 2.34. The highest BCUT2D eigenvalue weighted by Crippen LogP contribution is 2.12. The van der Waals surface area contributed by atoms with Gasteiger partial charge in [0.05, 0.1) is 12.6 Å². The Balaban J connectivity index is 2.26. The van der Waals surface area contributed by atoms with Gasteiger partial charge < -0.3 is 53.6 Å². The van der Waals surface area contributed by atoms with Crippen LogP contribution in [0.3, 0.4) is 0 Å². The van der Waals surface area contributed by atoms with Crippen LogP contribution in [0.15, 0.2) is 54.6 Å². The molecule has 0 aliphatic carbocycles. The quantitative estimate of drug-likeness (QED) is 0.0672. The van der Waals surface area contributed by atoms with Gasteiger partial charge in [-0.2, -0.15) is 0 Å². The molecular formula is C38H54N8O10. The van der Waals surface area contributed by atoms with E-state index in [4.69, 9.17) is 11.5 Å². The van der Waals surface area contributed by atoms with E-state index < -0.39 is 108 Å². The summed E-state index contributed by atoms with van der Waals surface area (Å²) in [6, 6.07) is 7.34. The predicted octanol–water partition coefficient (Wildman–Crippen LogP) is -1.27. The van der Waals surface area contributed by atoms with E-state index in [9.17, 15) is 48.6 Å². The van der Waals surface area contributed by atoms with Gasteiger partial charge in [0.1, 0.15) is 36.0 Å². The minimum atomic E-state index is -1.49. The Labute approximate surface area is 325 Å². The molecule has 0 radical (unpaired) electrons. The van der Waals surface area contributed by atoms with Crippen LogP contribution in [-0.4, -0.2) is 100 Å². The number of aromatic hydroxyl groups is 1. The Morgan fingerprint density at radius 3 is 1.68 bits per heavy atom. The molecule has 0 aliphatic heterocycles. The Kier molecular flexibility index (Phi) is 18.4. The van der Waals surface area contributed by atoms with Gasteiger partial charge in [-0.25, -0.2) is 0 Å². The zero-order valence-electron chi connectivity index (χ0n) is 32.2. The van der Waals surface area contributed by atoms with Crippen LogP contribution < -0.4 is 43.4 Å². The summed E-state index contributed by atoms with van der Waals surface area (Å²) in [5, 5.41) is 34.0. The molecule has 18 heteroatoms. The van der Waals surface area contributed by atoms with Crippen molar-refractivity contribution in [1.82, 2.24) is 31.9 Å². The molecule has 2 aromatic rings. The maximum atomic E-state index is 13.8. The fourth-order valence-corrected chi connectivity index (χ4v) is 5.38. The fourth-order valence-electron chi connectivity index (χ4n) is 5.38. The number of rotatable bonds is 22. The first kappa shape index (κ1) is 46.1. The lowest BCUT2D eigenvalue weighted by molar-refractivity contribution is -0.139. The second-order valence-corrected chi connectivity index (χ2v) is 14.1. The van der Waals surface area contributed by atoms with Crippen LogP contribution in [-0.2, 0) is 51.2 Å². The second-order valence-electron chi connectivity index (χ2n) is 14.1. The van der Waals surface area contributed by atoms with Crippen molar-refractivity contribution >= 4 is 47.3 Å². The zero-order chi connectivity index (χ0) is 42.1. The molecule has 0 spiro atoms. The molecule has 12 N–H and O–H groups in total. The van der Waals surface area contributed by atoms with Gasteiger partial charge in [0, 0.05) is 12.8 Å². The lowest BCUT2D eigenvalue weighted by Gasteiger charge is -2.29. The number of carbonyl (C=O) groups is 8. The maximum absolute atomic E-state index is 13.8. The van der Waals surface area contributed by atoms with Gasteiger partial charge in [-0.15, -0.1) is 0 Å². The molecule has 7 amide bonds. The van der Waals surface area contributed by atoms with Crippen LogP contribution in [0.1, 0.15) is 58.6 Å². The highest BCUT2D eigenvalue weighted by molar-refractivity contribution is 5.97. The van der Waals surface area contributed by atoms with Gasteiger partial charge in [0.25, 0.3) is 0 Å². The zero-order valence-corrected chi connectivity index (χ0v) is 32.2. The topological polar surface area (TPSA) is 301 Å². The number of carboxylic acid groups (broad SMARTS) is 1. The molecule has 306 valence electrons. The number of hydrogen-bond acceptors (Lipinski definition) is 10. The van der Waals surface area contributed by atoms with E-state index in [0.717, 1.165) is 0 Å². The second kappa shape index (κ2) is 22.4. The molecule has 1 unspecified atom stereocenters. The maximum Gasteiger partial charge on any atom is 0.303 e. The molecule has 0 aromatic heterocycles. The van der Waals surface area contributed by atoms with Crippen molar-refractivity contribution in [3.8, 4) is 5.75 Å². The summed E-state index contributed by atoms with van der Waals surface area (Å²) in [6.45, 7) is 7.50. The van der Waals surface area contributed by atoms with Crippen LogP contribution in [0.4, 0.5) is 0 Å². The molecule has 0 aliphatic rings. The van der Waals surface area contributed by atoms with E-state index >= 15 is 0 Å². The first-order chi connectivity index (χ1) is 26.3. The molecule has 18 nitrogen and oxygen atoms in total. The average molecular weight is 783 g/mol. The van der Waals surface area contributed by atoms with E-state index in [1.165, 1.54) is 19.1 Å². The van der Waals surface area contributed by atoms with Crippen molar-refractivity contribution in [3.63, 3.8) is 0 Å². The number of nitrogens with two attached hydrogens (primary N) is 2. The van der Waals surface area contributed by atoms with Crippen molar-refractivity contribution in [3.05, 3.63) is 65.7 Å². The first-order valence-corrected chi connectivity index (χ1v) is 18.2. The summed E-state index contributed by atoms with van der Waals surface area (Å²) in [7, 11) is 0. The van der Waals surface area contributed by atoms with E-state index in [1.807, 2.05) is 0 Å². The molecule has 0 saturated heterocycles. The Morgan fingerprint density at radius 1 is 0.607 bits per heavy atom. The van der Waals surface area contributed by atoms with Gasteiger partial charge in [-0.1, -0.05) is 70.2 Å². The Morgan fingerprint density at radius 2 is 1.12 bits per heavy atom. The van der Waals surface area contributed by atoms with Crippen LogP contribution in [0.2, 0.25) is 0 Å². The molecule has 0 saturated carbocycles. The third-order valence-electron chi connectivity index (χ3n) is 8.61. The Bertz CT molecular complexity index is 1690. The molecule has 0 heterocycles. The van der Waals surface area contributed by atoms with Gasteiger partial charge in [-0.05, 0) is 54.9 Å². The minimum Gasteiger partial charge on any atom is -0.508 e. The number of aliphatic carboxylic acids is 1. The van der Waals surface area contributed by atoms with Crippen LogP contribution in [0.5, 0.6) is 5.75 Å². The summed E-state index contributed by atoms with van der Waals surface area (Å²) in [5.74, 6) is -7.58. The monoisotopic (exact) mass is 782 g/mol. The number of benzene rings is 2. The van der Waals surface area contributed by atoms with Crippen LogP contribution in [0.25, 0.3) is 0 Å². The van der Waals surface area contributed by atoms with E-state index in [2.05, 4.69) is 31.9 Å². The minimum absolute atomic E-state index is 0.0464. The van der Waals surface area contributed by atoms with Crippen LogP contribution in [0, 0.1) is 11.8 Å². The van der Waals surface area contributed by atoms with Gasteiger partial charge in [-0.3, -0.25) is 38.4 Å². The van der Waals surface area contributed by atoms with Gasteiger partial charge >= 0.3 is 5.97 Å². The molecule has 6 atom stereocenters. The number of phenols is 1. The molecule has 56 heavy (non-hydrogen) atoms. The molecule has 0 bridgehead atoms.